The topological polar surface area (TPSA) is 203 Å². The van der Waals surface area contributed by atoms with Crippen molar-refractivity contribution >= 4 is 41.0 Å². The molecule has 62 heavy (non-hydrogen) atoms. The van der Waals surface area contributed by atoms with Crippen LogP contribution < -0.4 is 27.0 Å². The number of halogens is 1. The van der Waals surface area contributed by atoms with E-state index in [0.717, 1.165) is 44.1 Å². The van der Waals surface area contributed by atoms with Crippen molar-refractivity contribution in [1.82, 2.24) is 16.0 Å². The normalized spacial score (nSPS) is 28.2. The van der Waals surface area contributed by atoms with Gasteiger partial charge in [0.25, 0.3) is 5.79 Å². The summed E-state index contributed by atoms with van der Waals surface area (Å²) in [6.45, 7) is 9.12. The Morgan fingerprint density at radius 3 is 2.42 bits per heavy atom. The second kappa shape index (κ2) is 22.1. The number of nitrogens with zero attached hydrogens (tertiary/aromatic N) is 1. The molecule has 14 nitrogen and oxygen atoms in total. The Bertz CT molecular complexity index is 1920. The van der Waals surface area contributed by atoms with E-state index in [-0.39, 0.29) is 61.7 Å². The minimum atomic E-state index is -1.29. The van der Waals surface area contributed by atoms with E-state index in [1.165, 1.54) is 6.42 Å². The van der Waals surface area contributed by atoms with Crippen LogP contribution in [0.1, 0.15) is 110 Å². The summed E-state index contributed by atoms with van der Waals surface area (Å²) in [4.78, 5) is 62.0. The maximum absolute atomic E-state index is 13.5. The van der Waals surface area contributed by atoms with Gasteiger partial charge >= 0.3 is 6.03 Å². The quantitative estimate of drug-likeness (QED) is 0.0316. The third kappa shape index (κ3) is 10.7. The zero-order valence-corrected chi connectivity index (χ0v) is 37.6. The number of methoxy groups -OCH3 is 1. The number of benzene rings is 1. The van der Waals surface area contributed by atoms with Crippen LogP contribution >= 0.6 is 11.6 Å². The van der Waals surface area contributed by atoms with E-state index in [9.17, 15) is 24.4 Å². The number of anilines is 1. The number of unbranched alkanes of at least 4 members (excludes halogenated alkanes) is 2. The van der Waals surface area contributed by atoms with Crippen LogP contribution in [-0.2, 0) is 40.2 Å². The average Bonchev–Trinajstić information content (AvgIpc) is 3.45. The Balaban J connectivity index is 1.29. The van der Waals surface area contributed by atoms with Crippen LogP contribution in [0.3, 0.4) is 0 Å². The van der Waals surface area contributed by atoms with Crippen LogP contribution in [0.2, 0.25) is 0 Å². The molecule has 1 aliphatic heterocycles. The van der Waals surface area contributed by atoms with Gasteiger partial charge in [0.05, 0.1) is 17.5 Å². The molecule has 1 heterocycles. The van der Waals surface area contributed by atoms with Crippen molar-refractivity contribution in [3.05, 3.63) is 76.6 Å². The van der Waals surface area contributed by atoms with Crippen LogP contribution in [0, 0.1) is 40.4 Å². The van der Waals surface area contributed by atoms with E-state index >= 15 is 0 Å². The number of allylic oxidation sites excluding steroid dienone is 5. The summed E-state index contributed by atoms with van der Waals surface area (Å²) < 4.78 is 12.8. The smallest absolute Gasteiger partial charge is 0.312 e. The maximum Gasteiger partial charge on any atom is 0.312 e. The van der Waals surface area contributed by atoms with Crippen molar-refractivity contribution in [1.29, 1.82) is 5.26 Å². The van der Waals surface area contributed by atoms with Crippen LogP contribution in [-0.4, -0.2) is 61.4 Å². The Kier molecular flexibility index (Phi) is 17.2. The van der Waals surface area contributed by atoms with E-state index < -0.39 is 35.3 Å². The summed E-state index contributed by atoms with van der Waals surface area (Å²) in [6, 6.07) is 7.60. The number of hydrogen-bond donors (Lipinski definition) is 5. The number of nitrogens with two attached hydrogens (primary N) is 1. The number of amides is 5. The largest absolute Gasteiger partial charge is 0.487 e. The van der Waals surface area contributed by atoms with E-state index in [1.54, 1.807) is 49.6 Å². The summed E-state index contributed by atoms with van der Waals surface area (Å²) in [6.07, 6.45) is 17.3. The van der Waals surface area contributed by atoms with Gasteiger partial charge in [-0.25, -0.2) is 9.68 Å². The molecule has 4 aliphatic rings. The molecule has 2 bridgehead atoms. The van der Waals surface area contributed by atoms with Gasteiger partial charge in [0.2, 0.25) is 17.7 Å². The highest BCUT2D eigenvalue weighted by Gasteiger charge is 2.78. The Morgan fingerprint density at radius 1 is 1.02 bits per heavy atom. The number of hydrogen-bond acceptors (Lipinski definition) is 9. The minimum absolute atomic E-state index is 0.00556. The maximum atomic E-state index is 13.5. The van der Waals surface area contributed by atoms with Crippen molar-refractivity contribution in [3.63, 3.8) is 0 Å². The van der Waals surface area contributed by atoms with Crippen molar-refractivity contribution in [2.24, 2.45) is 34.8 Å². The van der Waals surface area contributed by atoms with Crippen LogP contribution in [0.4, 0.5) is 10.5 Å². The van der Waals surface area contributed by atoms with Gasteiger partial charge in [-0.1, -0.05) is 81.7 Å². The molecule has 4 fully saturated rings. The van der Waals surface area contributed by atoms with Crippen molar-refractivity contribution < 1.29 is 38.4 Å². The van der Waals surface area contributed by atoms with Gasteiger partial charge in [0.15, 0.2) is 5.60 Å². The molecule has 1 aromatic rings. The zero-order valence-electron chi connectivity index (χ0n) is 36.9. The molecule has 0 radical (unpaired) electrons. The second-order valence-corrected chi connectivity index (χ2v) is 17.7. The van der Waals surface area contributed by atoms with E-state index in [4.69, 9.17) is 36.6 Å². The molecule has 3 aliphatic carbocycles. The van der Waals surface area contributed by atoms with Crippen molar-refractivity contribution in [3.8, 4) is 6.07 Å². The summed E-state index contributed by atoms with van der Waals surface area (Å²) in [7, 11) is 1.64. The summed E-state index contributed by atoms with van der Waals surface area (Å²) in [5, 5.41) is 20.4. The molecular weight excluding hydrogens is 812 g/mol. The lowest BCUT2D eigenvalue weighted by Crippen LogP contribution is -2.74. The molecule has 6 N–H and O–H groups in total. The second-order valence-electron chi connectivity index (χ2n) is 17.3. The third-order valence-electron chi connectivity index (χ3n) is 13.4. The third-order valence-corrected chi connectivity index (χ3v) is 13.8. The van der Waals surface area contributed by atoms with E-state index in [2.05, 4.69) is 48.1 Å². The number of carbonyl (C=O) groups excluding carboxylic acids is 4. The molecule has 1 spiro atoms. The molecular formula is C47H65ClN6O8. The number of primary amides is 1. The van der Waals surface area contributed by atoms with E-state index in [1.807, 2.05) is 19.1 Å². The number of carbonyl (C=O) groups is 4. The van der Waals surface area contributed by atoms with Gasteiger partial charge < -0.3 is 36.5 Å². The summed E-state index contributed by atoms with van der Waals surface area (Å²) >= 11 is 7.38. The SMILES string of the molecule is C\C=C/C(=C(Cl)\C(=C\C=C\CC#N)OCc1ccc(NC(=O)C(CCCNC(N)=O)NC(=O)CCNC(=O)CCCCC)cc1)C1(OC)OOC12C(C)CC1CC3CC2CC13C. The first-order valence-electron chi connectivity index (χ1n) is 22.1. The highest BCUT2D eigenvalue weighted by Crippen LogP contribution is 2.73. The van der Waals surface area contributed by atoms with Gasteiger partial charge in [-0.05, 0) is 105 Å². The van der Waals surface area contributed by atoms with Crippen LogP contribution in [0.15, 0.2) is 71.0 Å². The Labute approximate surface area is 371 Å². The van der Waals surface area contributed by atoms with Crippen LogP contribution in [0.25, 0.3) is 0 Å². The van der Waals surface area contributed by atoms with E-state index in [0.29, 0.717) is 47.1 Å². The summed E-state index contributed by atoms with van der Waals surface area (Å²) in [5.41, 5.74) is 6.59. The number of nitriles is 1. The molecule has 1 saturated heterocycles. The average molecular weight is 878 g/mol. The lowest BCUT2D eigenvalue weighted by atomic mass is 9.53. The predicted molar refractivity (Wildman–Crippen MR) is 236 cm³/mol. The monoisotopic (exact) mass is 876 g/mol. The minimum Gasteiger partial charge on any atom is -0.487 e. The van der Waals surface area contributed by atoms with Gasteiger partial charge in [-0.2, -0.15) is 10.1 Å². The van der Waals surface area contributed by atoms with Crippen LogP contribution in [0.5, 0.6) is 0 Å². The first-order valence-corrected chi connectivity index (χ1v) is 22.5. The molecule has 0 aromatic heterocycles. The molecule has 5 amide bonds. The first kappa shape index (κ1) is 48.4. The number of rotatable bonds is 23. The highest BCUT2D eigenvalue weighted by atomic mass is 35.5. The first-order chi connectivity index (χ1) is 29.8. The highest BCUT2D eigenvalue weighted by molar-refractivity contribution is 6.32. The molecule has 338 valence electrons. The predicted octanol–water partition coefficient (Wildman–Crippen LogP) is 7.72. The summed E-state index contributed by atoms with van der Waals surface area (Å²) in [5.74, 6) is -0.262. The molecule has 15 heteroatoms. The zero-order chi connectivity index (χ0) is 44.9. The Hall–Kier alpha value is -4.68. The fourth-order valence-corrected chi connectivity index (χ4v) is 10.4. The van der Waals surface area contributed by atoms with Gasteiger partial charge in [0, 0.05) is 44.3 Å². The fraction of sp³-hybridized carbons (Fsp3) is 0.596. The van der Waals surface area contributed by atoms with Crippen molar-refractivity contribution in [2.75, 3.05) is 25.5 Å². The van der Waals surface area contributed by atoms with Gasteiger partial charge in [-0.15, -0.1) is 0 Å². The lowest BCUT2D eigenvalue weighted by Gasteiger charge is -2.61. The lowest BCUT2D eigenvalue weighted by molar-refractivity contribution is -0.613. The molecule has 8 atom stereocenters. The number of ether oxygens (including phenoxy) is 2. The van der Waals surface area contributed by atoms with Crippen molar-refractivity contribution in [2.45, 2.75) is 129 Å². The molecule has 1 aromatic carbocycles. The van der Waals surface area contributed by atoms with Gasteiger partial charge in [0.1, 0.15) is 18.4 Å². The van der Waals surface area contributed by atoms with Gasteiger partial charge in [-0.3, -0.25) is 14.4 Å². The molecule has 3 saturated carbocycles. The number of fused-ring (bicyclic) bond motifs is 2. The molecule has 5 rings (SSSR count). The number of urea groups is 1. The fourth-order valence-electron chi connectivity index (χ4n) is 10.1. The Morgan fingerprint density at radius 2 is 1.76 bits per heavy atom. The standard InChI is InChI=1S/C47H65ClN6O8/c1-6-8-10-17-40(55)51-25-22-41(56)54-38(15-13-24-52-44(50)58)43(57)53-36-20-18-32(19-21-36)30-60-39(16-11-9-12-23-49)42(48)37(14-7-2)47(59-5)46(61-62-47)31(3)26-33-27-34-28-35(46)29-45(33,34)4/h7,9,11,14,16,18-21,31,33-35,38H,6,8,10,12-13,15,17,22,24-30H2,1-5H3,(H,51,55)(H,53,57)(H,54,56)(H3,50,52,58)/b11-9+,14-7-,39-16-,42-37-. The number of nitrogens with one attached hydrogen (secondary N) is 4. The molecule has 8 unspecified atom stereocenters.